The van der Waals surface area contributed by atoms with Crippen LogP contribution < -0.4 is 15.4 Å². The molecule has 0 aliphatic rings. The highest BCUT2D eigenvalue weighted by Crippen LogP contribution is 2.27. The number of nitro benzene ring substituents is 1. The minimum absolute atomic E-state index is 0.0124. The molecular weight excluding hydrogens is 446 g/mol. The summed E-state index contributed by atoms with van der Waals surface area (Å²) in [5, 5.41) is 20.3. The van der Waals surface area contributed by atoms with Crippen LogP contribution in [0.5, 0.6) is 5.75 Å². The Balaban J connectivity index is 1.62. The Morgan fingerprint density at radius 2 is 1.94 bits per heavy atom. The average molecular weight is 467 g/mol. The summed E-state index contributed by atoms with van der Waals surface area (Å²) in [6.45, 7) is 1.57. The van der Waals surface area contributed by atoms with Gasteiger partial charge in [0.1, 0.15) is 0 Å². The molecular formula is C22H21N5O7. The smallest absolute Gasteiger partial charge is 0.358 e. The largest absolute Gasteiger partial charge is 0.490 e. The van der Waals surface area contributed by atoms with Crippen molar-refractivity contribution < 1.29 is 28.8 Å². The Bertz CT molecular complexity index is 1240. The zero-order chi connectivity index (χ0) is 24.7. The molecule has 0 fully saturated rings. The van der Waals surface area contributed by atoms with Crippen molar-refractivity contribution in [3.63, 3.8) is 0 Å². The molecule has 34 heavy (non-hydrogen) atoms. The van der Waals surface area contributed by atoms with Gasteiger partial charge in [-0.2, -0.15) is 5.10 Å². The molecule has 3 rings (SSSR count). The van der Waals surface area contributed by atoms with E-state index in [0.717, 1.165) is 6.07 Å². The van der Waals surface area contributed by atoms with Crippen molar-refractivity contribution in [1.82, 2.24) is 15.1 Å². The number of esters is 1. The van der Waals surface area contributed by atoms with Crippen LogP contribution in [0.25, 0.3) is 5.69 Å². The number of rotatable bonds is 9. The van der Waals surface area contributed by atoms with Crippen LogP contribution in [0.1, 0.15) is 27.8 Å². The van der Waals surface area contributed by atoms with Crippen LogP contribution in [-0.4, -0.2) is 52.7 Å². The van der Waals surface area contributed by atoms with E-state index in [1.165, 1.54) is 30.0 Å². The van der Waals surface area contributed by atoms with E-state index < -0.39 is 22.7 Å². The van der Waals surface area contributed by atoms with Crippen LogP contribution in [-0.2, 0) is 9.53 Å². The van der Waals surface area contributed by atoms with Crippen molar-refractivity contribution in [3.8, 4) is 11.4 Å². The van der Waals surface area contributed by atoms with E-state index in [1.807, 2.05) is 0 Å². The molecule has 1 heterocycles. The summed E-state index contributed by atoms with van der Waals surface area (Å²) >= 11 is 0. The fourth-order valence-corrected chi connectivity index (χ4v) is 2.95. The van der Waals surface area contributed by atoms with Gasteiger partial charge < -0.3 is 20.1 Å². The normalized spacial score (nSPS) is 10.3. The van der Waals surface area contributed by atoms with Gasteiger partial charge in [-0.1, -0.05) is 6.07 Å². The van der Waals surface area contributed by atoms with Gasteiger partial charge >= 0.3 is 11.7 Å². The van der Waals surface area contributed by atoms with Crippen molar-refractivity contribution in [2.24, 2.45) is 0 Å². The first kappa shape index (κ1) is 23.9. The second kappa shape index (κ2) is 10.7. The Kier molecular flexibility index (Phi) is 7.54. The maximum absolute atomic E-state index is 12.3. The van der Waals surface area contributed by atoms with E-state index in [2.05, 4.69) is 15.7 Å². The van der Waals surface area contributed by atoms with E-state index in [-0.39, 0.29) is 35.8 Å². The molecule has 0 unspecified atom stereocenters. The number of carbonyl (C=O) groups is 3. The van der Waals surface area contributed by atoms with Gasteiger partial charge in [0.15, 0.2) is 11.4 Å². The number of nitrogens with one attached hydrogen (secondary N) is 2. The molecule has 0 radical (unpaired) electrons. The Morgan fingerprint density at radius 1 is 1.15 bits per heavy atom. The molecule has 0 spiro atoms. The standard InChI is InChI=1S/C22H21N5O7/c1-3-34-22(30)17-9-10-26(25-17)16-6-4-5-15(12-16)24-20(28)13-23-21(29)14-7-8-19(33-2)18(11-14)27(31)32/h4-12H,3,13H2,1-2H3,(H,23,29)(H,24,28). The molecule has 0 atom stereocenters. The third kappa shape index (κ3) is 5.73. The molecule has 0 bridgehead atoms. The lowest BCUT2D eigenvalue weighted by atomic mass is 10.1. The number of ether oxygens (including phenoxy) is 2. The maximum Gasteiger partial charge on any atom is 0.358 e. The zero-order valence-electron chi connectivity index (χ0n) is 18.3. The number of carbonyl (C=O) groups excluding carboxylic acids is 3. The van der Waals surface area contributed by atoms with Gasteiger partial charge in [-0.25, -0.2) is 9.48 Å². The number of amides is 2. The van der Waals surface area contributed by atoms with Crippen LogP contribution in [0.3, 0.4) is 0 Å². The third-order valence-electron chi connectivity index (χ3n) is 4.52. The molecule has 176 valence electrons. The predicted molar refractivity (Wildman–Crippen MR) is 120 cm³/mol. The first-order chi connectivity index (χ1) is 16.3. The van der Waals surface area contributed by atoms with Gasteiger partial charge in [-0.3, -0.25) is 19.7 Å². The summed E-state index contributed by atoms with van der Waals surface area (Å²) < 4.78 is 11.3. The summed E-state index contributed by atoms with van der Waals surface area (Å²) in [6, 6.07) is 12.0. The fraction of sp³-hybridized carbons (Fsp3) is 0.182. The molecule has 2 N–H and O–H groups in total. The first-order valence-electron chi connectivity index (χ1n) is 10.1. The number of methoxy groups -OCH3 is 1. The van der Waals surface area contributed by atoms with Gasteiger partial charge in [0.05, 0.1) is 30.9 Å². The van der Waals surface area contributed by atoms with Crippen molar-refractivity contribution >= 4 is 29.2 Å². The summed E-state index contributed by atoms with van der Waals surface area (Å²) in [5.41, 5.74) is 0.824. The SMILES string of the molecule is CCOC(=O)c1ccn(-c2cccc(NC(=O)CNC(=O)c3ccc(OC)c([N+](=O)[O-])c3)c2)n1. The number of nitro groups is 1. The highest BCUT2D eigenvalue weighted by Gasteiger charge is 2.18. The zero-order valence-corrected chi connectivity index (χ0v) is 18.3. The van der Waals surface area contributed by atoms with Crippen molar-refractivity contribution in [3.05, 3.63) is 76.1 Å². The van der Waals surface area contributed by atoms with Crippen LogP contribution >= 0.6 is 0 Å². The summed E-state index contributed by atoms with van der Waals surface area (Å²) in [4.78, 5) is 46.9. The number of hydrogen-bond donors (Lipinski definition) is 2. The van der Waals surface area contributed by atoms with Gasteiger partial charge in [-0.15, -0.1) is 0 Å². The van der Waals surface area contributed by atoms with Crippen LogP contribution in [0.4, 0.5) is 11.4 Å². The number of anilines is 1. The lowest BCUT2D eigenvalue weighted by Crippen LogP contribution is -2.32. The fourth-order valence-electron chi connectivity index (χ4n) is 2.95. The highest BCUT2D eigenvalue weighted by molar-refractivity contribution is 6.00. The number of aromatic nitrogens is 2. The van der Waals surface area contributed by atoms with Crippen molar-refractivity contribution in [2.75, 3.05) is 25.6 Å². The van der Waals surface area contributed by atoms with E-state index in [9.17, 15) is 24.5 Å². The Labute approximate surface area is 193 Å². The van der Waals surface area contributed by atoms with Crippen LogP contribution in [0, 0.1) is 10.1 Å². The number of benzene rings is 2. The molecule has 12 nitrogen and oxygen atoms in total. The van der Waals surface area contributed by atoms with Gasteiger partial charge in [0, 0.05) is 23.5 Å². The Morgan fingerprint density at radius 3 is 2.65 bits per heavy atom. The molecule has 2 amide bonds. The van der Waals surface area contributed by atoms with Gasteiger partial charge in [0.25, 0.3) is 5.91 Å². The lowest BCUT2D eigenvalue weighted by Gasteiger charge is -2.09. The minimum atomic E-state index is -0.662. The topological polar surface area (TPSA) is 155 Å². The monoisotopic (exact) mass is 467 g/mol. The molecule has 0 saturated heterocycles. The molecule has 3 aromatic rings. The second-order valence-electron chi connectivity index (χ2n) is 6.79. The van der Waals surface area contributed by atoms with Crippen LogP contribution in [0.2, 0.25) is 0 Å². The average Bonchev–Trinajstić information content (AvgIpc) is 3.33. The maximum atomic E-state index is 12.3. The highest BCUT2D eigenvalue weighted by atomic mass is 16.6. The van der Waals surface area contributed by atoms with Crippen molar-refractivity contribution in [1.29, 1.82) is 0 Å². The number of nitrogens with zero attached hydrogens (tertiary/aromatic N) is 3. The van der Waals surface area contributed by atoms with Gasteiger partial charge in [0.2, 0.25) is 5.91 Å². The molecule has 1 aromatic heterocycles. The predicted octanol–water partition coefficient (Wildman–Crippen LogP) is 2.33. The Hall–Kier alpha value is -4.74. The van der Waals surface area contributed by atoms with E-state index in [4.69, 9.17) is 9.47 Å². The van der Waals surface area contributed by atoms with Crippen LogP contribution in [0.15, 0.2) is 54.7 Å². The third-order valence-corrected chi connectivity index (χ3v) is 4.52. The lowest BCUT2D eigenvalue weighted by molar-refractivity contribution is -0.385. The van der Waals surface area contributed by atoms with Crippen molar-refractivity contribution in [2.45, 2.75) is 6.92 Å². The number of hydrogen-bond acceptors (Lipinski definition) is 8. The molecule has 0 aliphatic carbocycles. The summed E-state index contributed by atoms with van der Waals surface area (Å²) in [6.07, 6.45) is 1.58. The molecule has 12 heteroatoms. The van der Waals surface area contributed by atoms with E-state index in [0.29, 0.717) is 11.4 Å². The molecule has 2 aromatic carbocycles. The van der Waals surface area contributed by atoms with Gasteiger partial charge in [-0.05, 0) is 43.3 Å². The van der Waals surface area contributed by atoms with E-state index >= 15 is 0 Å². The molecule has 0 saturated carbocycles. The minimum Gasteiger partial charge on any atom is -0.490 e. The summed E-state index contributed by atoms with van der Waals surface area (Å²) in [5.74, 6) is -1.69. The summed E-state index contributed by atoms with van der Waals surface area (Å²) in [7, 11) is 1.28. The molecule has 0 aliphatic heterocycles. The quantitative estimate of drug-likeness (QED) is 0.276. The van der Waals surface area contributed by atoms with E-state index in [1.54, 1.807) is 37.4 Å². The first-order valence-corrected chi connectivity index (χ1v) is 10.1. The second-order valence-corrected chi connectivity index (χ2v) is 6.79.